The molecule has 168 valence electrons. The van der Waals surface area contributed by atoms with Gasteiger partial charge >= 0.3 is 11.8 Å². The maximum atomic E-state index is 13.4. The lowest BCUT2D eigenvalue weighted by Crippen LogP contribution is -2.53. The van der Waals surface area contributed by atoms with Crippen LogP contribution in [0.1, 0.15) is 64.6 Å². The van der Waals surface area contributed by atoms with Crippen molar-refractivity contribution in [3.8, 4) is 0 Å². The number of halogens is 2. The Morgan fingerprint density at radius 1 is 1.17 bits per heavy atom. The van der Waals surface area contributed by atoms with Crippen molar-refractivity contribution in [3.63, 3.8) is 0 Å². The highest BCUT2D eigenvalue weighted by molar-refractivity contribution is 5.68. The monoisotopic (exact) mass is 429 g/mol. The summed E-state index contributed by atoms with van der Waals surface area (Å²) in [5, 5.41) is 14.9. The van der Waals surface area contributed by atoms with Gasteiger partial charge in [-0.15, -0.1) is 0 Å². The summed E-state index contributed by atoms with van der Waals surface area (Å²) in [6.07, 6.45) is 0.548. The lowest BCUT2D eigenvalue weighted by atomic mass is 9.89. The van der Waals surface area contributed by atoms with Crippen molar-refractivity contribution in [1.82, 2.24) is 19.6 Å². The Kier molecular flexibility index (Phi) is 6.59. The molecule has 0 unspecified atom stereocenters. The van der Waals surface area contributed by atoms with E-state index in [4.69, 9.17) is 4.74 Å². The SMILES string of the molecule is CC(C)(C)OC(=O)N1CCN(C2CCC(n3ncc([N+](=O)[O-])c3C(F)F)CC2)CC1. The van der Waals surface area contributed by atoms with Crippen LogP contribution in [0, 0.1) is 10.1 Å². The van der Waals surface area contributed by atoms with Gasteiger partial charge in [0, 0.05) is 32.2 Å². The second-order valence-corrected chi connectivity index (χ2v) is 8.88. The van der Waals surface area contributed by atoms with Crippen molar-refractivity contribution in [2.24, 2.45) is 0 Å². The number of hydrogen-bond donors (Lipinski definition) is 0. The minimum absolute atomic E-state index is 0.262. The van der Waals surface area contributed by atoms with Crippen molar-refractivity contribution in [2.45, 2.75) is 70.6 Å². The lowest BCUT2D eigenvalue weighted by Gasteiger charge is -2.42. The summed E-state index contributed by atoms with van der Waals surface area (Å²) in [5.74, 6) is 0. The van der Waals surface area contributed by atoms with Gasteiger partial charge in [0.15, 0.2) is 5.69 Å². The topological polar surface area (TPSA) is 93.7 Å². The zero-order chi connectivity index (χ0) is 22.1. The number of ether oxygens (including phenoxy) is 1. The van der Waals surface area contributed by atoms with Crippen LogP contribution in [0.4, 0.5) is 19.3 Å². The van der Waals surface area contributed by atoms with Crippen LogP contribution in [0.3, 0.4) is 0 Å². The number of carbonyl (C=O) groups is 1. The number of nitrogens with zero attached hydrogens (tertiary/aromatic N) is 5. The average molecular weight is 429 g/mol. The van der Waals surface area contributed by atoms with E-state index in [1.165, 1.54) is 0 Å². The van der Waals surface area contributed by atoms with Gasteiger partial charge in [-0.1, -0.05) is 0 Å². The van der Waals surface area contributed by atoms with E-state index in [0.717, 1.165) is 36.8 Å². The first kappa shape index (κ1) is 22.4. The molecule has 1 aromatic heterocycles. The van der Waals surface area contributed by atoms with E-state index >= 15 is 0 Å². The van der Waals surface area contributed by atoms with E-state index in [2.05, 4.69) is 10.00 Å². The van der Waals surface area contributed by atoms with Crippen LogP contribution in [0.2, 0.25) is 0 Å². The van der Waals surface area contributed by atoms with Crippen LogP contribution < -0.4 is 0 Å². The number of carbonyl (C=O) groups excluding carboxylic acids is 1. The summed E-state index contributed by atoms with van der Waals surface area (Å²) >= 11 is 0. The zero-order valence-electron chi connectivity index (χ0n) is 17.6. The summed E-state index contributed by atoms with van der Waals surface area (Å²) in [6, 6.07) is 0.0459. The Morgan fingerprint density at radius 2 is 1.73 bits per heavy atom. The molecule has 2 heterocycles. The Balaban J connectivity index is 1.54. The first-order valence-electron chi connectivity index (χ1n) is 10.3. The van der Waals surface area contributed by atoms with E-state index in [1.807, 2.05) is 20.8 Å². The van der Waals surface area contributed by atoms with E-state index < -0.39 is 28.3 Å². The Morgan fingerprint density at radius 3 is 2.23 bits per heavy atom. The molecule has 1 aromatic rings. The maximum Gasteiger partial charge on any atom is 0.410 e. The molecule has 0 atom stereocenters. The molecule has 9 nitrogen and oxygen atoms in total. The molecule has 1 saturated heterocycles. The molecule has 11 heteroatoms. The smallest absolute Gasteiger partial charge is 0.410 e. The highest BCUT2D eigenvalue weighted by Gasteiger charge is 2.35. The maximum absolute atomic E-state index is 13.4. The minimum Gasteiger partial charge on any atom is -0.444 e. The summed E-state index contributed by atoms with van der Waals surface area (Å²) in [6.45, 7) is 8.19. The Hall–Kier alpha value is -2.30. The van der Waals surface area contributed by atoms with Gasteiger partial charge in [-0.25, -0.2) is 13.6 Å². The third-order valence-corrected chi connectivity index (χ3v) is 5.71. The highest BCUT2D eigenvalue weighted by Crippen LogP contribution is 2.37. The highest BCUT2D eigenvalue weighted by atomic mass is 19.3. The Bertz CT molecular complexity index is 763. The predicted molar refractivity (Wildman–Crippen MR) is 105 cm³/mol. The van der Waals surface area contributed by atoms with E-state index in [-0.39, 0.29) is 12.1 Å². The van der Waals surface area contributed by atoms with Crippen molar-refractivity contribution < 1.29 is 23.2 Å². The van der Waals surface area contributed by atoms with E-state index in [1.54, 1.807) is 4.90 Å². The lowest BCUT2D eigenvalue weighted by molar-refractivity contribution is -0.386. The molecule has 1 aliphatic heterocycles. The van der Waals surface area contributed by atoms with Gasteiger partial charge in [0.1, 0.15) is 11.8 Å². The molecule has 1 saturated carbocycles. The summed E-state index contributed by atoms with van der Waals surface area (Å²) in [7, 11) is 0. The normalized spacial score (nSPS) is 23.6. The van der Waals surface area contributed by atoms with Crippen molar-refractivity contribution in [2.75, 3.05) is 26.2 Å². The molecule has 0 spiro atoms. The molecule has 0 radical (unpaired) electrons. The zero-order valence-corrected chi connectivity index (χ0v) is 17.6. The van der Waals surface area contributed by atoms with Gasteiger partial charge in [0.05, 0.1) is 11.0 Å². The fourth-order valence-electron chi connectivity index (χ4n) is 4.27. The first-order valence-corrected chi connectivity index (χ1v) is 10.3. The molecule has 30 heavy (non-hydrogen) atoms. The molecule has 0 N–H and O–H groups in total. The molecule has 1 aliphatic carbocycles. The number of alkyl halides is 2. The van der Waals surface area contributed by atoms with Crippen molar-refractivity contribution in [1.29, 1.82) is 0 Å². The van der Waals surface area contributed by atoms with Gasteiger partial charge in [0.2, 0.25) is 0 Å². The third-order valence-electron chi connectivity index (χ3n) is 5.71. The number of rotatable bonds is 4. The molecule has 0 aromatic carbocycles. The van der Waals surface area contributed by atoms with Crippen LogP contribution in [0.5, 0.6) is 0 Å². The van der Waals surface area contributed by atoms with Gasteiger partial charge in [-0.3, -0.25) is 19.7 Å². The van der Waals surface area contributed by atoms with Gasteiger partial charge in [-0.2, -0.15) is 5.10 Å². The molecule has 0 bridgehead atoms. The number of amides is 1. The van der Waals surface area contributed by atoms with Crippen molar-refractivity contribution in [3.05, 3.63) is 22.0 Å². The van der Waals surface area contributed by atoms with Gasteiger partial charge in [-0.05, 0) is 46.5 Å². The fraction of sp³-hybridized carbons (Fsp3) is 0.789. The molecular weight excluding hydrogens is 400 g/mol. The largest absolute Gasteiger partial charge is 0.444 e. The molecule has 2 aliphatic rings. The van der Waals surface area contributed by atoms with Crippen LogP contribution in [-0.4, -0.2) is 68.4 Å². The van der Waals surface area contributed by atoms with E-state index in [0.29, 0.717) is 32.0 Å². The number of hydrogen-bond acceptors (Lipinski definition) is 6. The number of piperazine rings is 1. The summed E-state index contributed by atoms with van der Waals surface area (Å²) in [4.78, 5) is 26.4. The Labute approximate surface area is 174 Å². The van der Waals surface area contributed by atoms with Gasteiger partial charge in [0.25, 0.3) is 6.43 Å². The summed E-state index contributed by atoms with van der Waals surface area (Å²) < 4.78 is 33.4. The first-order chi connectivity index (χ1) is 14.1. The van der Waals surface area contributed by atoms with Crippen LogP contribution >= 0.6 is 0 Å². The van der Waals surface area contributed by atoms with Crippen LogP contribution in [0.15, 0.2) is 6.20 Å². The standard InChI is InChI=1S/C19H29F2N5O4/c1-19(2,3)30-18(27)24-10-8-23(9-11-24)13-4-6-14(7-5-13)25-16(17(20)21)15(12-22-25)26(28)29/h12-14,17H,4-11H2,1-3H3. The molecule has 1 amide bonds. The minimum atomic E-state index is -2.94. The number of aromatic nitrogens is 2. The second kappa shape index (κ2) is 8.83. The van der Waals surface area contributed by atoms with Crippen LogP contribution in [-0.2, 0) is 4.74 Å². The second-order valence-electron chi connectivity index (χ2n) is 8.88. The number of nitro groups is 1. The average Bonchev–Trinajstić information content (AvgIpc) is 3.13. The molecule has 3 rings (SSSR count). The van der Waals surface area contributed by atoms with E-state index in [9.17, 15) is 23.7 Å². The van der Waals surface area contributed by atoms with Gasteiger partial charge < -0.3 is 9.64 Å². The third kappa shape index (κ3) is 5.05. The fourth-order valence-corrected chi connectivity index (χ4v) is 4.27. The summed E-state index contributed by atoms with van der Waals surface area (Å²) in [5.41, 5.74) is -1.74. The van der Waals surface area contributed by atoms with Crippen molar-refractivity contribution >= 4 is 11.8 Å². The van der Waals surface area contributed by atoms with Crippen LogP contribution in [0.25, 0.3) is 0 Å². The predicted octanol–water partition coefficient (Wildman–Crippen LogP) is 3.77. The molecule has 2 fully saturated rings. The quantitative estimate of drug-likeness (QED) is 0.534. The molecular formula is C19H29F2N5O4.